The molecule has 0 aromatic rings. The summed E-state index contributed by atoms with van der Waals surface area (Å²) in [6, 6.07) is 0. The number of hydrogen-bond acceptors (Lipinski definition) is 2. The molecule has 2 nitrogen and oxygen atoms in total. The molecule has 1 aliphatic carbocycles. The summed E-state index contributed by atoms with van der Waals surface area (Å²) in [5.74, 6) is 1.89. The smallest absolute Gasteiger partial charge is 0.123 e. The summed E-state index contributed by atoms with van der Waals surface area (Å²) in [5, 5.41) is 0. The van der Waals surface area contributed by atoms with Gasteiger partial charge in [-0.1, -0.05) is 0 Å². The molecule has 1 saturated carbocycles. The highest BCUT2D eigenvalue weighted by Crippen LogP contribution is 2.37. The van der Waals surface area contributed by atoms with Crippen molar-refractivity contribution in [3.63, 3.8) is 0 Å². The van der Waals surface area contributed by atoms with E-state index in [1.165, 1.54) is 12.8 Å². The molecule has 2 aliphatic rings. The maximum absolute atomic E-state index is 10.6. The zero-order chi connectivity index (χ0) is 8.39. The van der Waals surface area contributed by atoms with Crippen molar-refractivity contribution in [2.45, 2.75) is 25.7 Å². The molecule has 0 N–H and O–H groups in total. The molecule has 1 heterocycles. The first-order valence-corrected chi connectivity index (χ1v) is 4.93. The predicted molar refractivity (Wildman–Crippen MR) is 45.8 cm³/mol. The Morgan fingerprint density at radius 3 is 2.92 bits per heavy atom. The molecule has 0 spiro atoms. The number of rotatable bonds is 1. The largest absolute Gasteiger partial charge is 0.381 e. The van der Waals surface area contributed by atoms with Crippen molar-refractivity contribution in [1.29, 1.82) is 0 Å². The first kappa shape index (κ1) is 8.24. The van der Waals surface area contributed by atoms with E-state index < -0.39 is 0 Å². The van der Waals surface area contributed by atoms with E-state index in [0.717, 1.165) is 44.2 Å². The number of fused-ring (bicyclic) bond motifs is 1. The van der Waals surface area contributed by atoms with E-state index in [0.29, 0.717) is 5.92 Å². The Hall–Kier alpha value is -0.370. The van der Waals surface area contributed by atoms with Gasteiger partial charge >= 0.3 is 0 Å². The molecular weight excluding hydrogens is 152 g/mol. The van der Waals surface area contributed by atoms with Gasteiger partial charge in [0.25, 0.3) is 0 Å². The summed E-state index contributed by atoms with van der Waals surface area (Å²) < 4.78 is 5.42. The average Bonchev–Trinajstić information content (AvgIpc) is 2.17. The fourth-order valence-corrected chi connectivity index (χ4v) is 2.53. The molecule has 2 fully saturated rings. The van der Waals surface area contributed by atoms with Crippen LogP contribution in [-0.4, -0.2) is 19.5 Å². The van der Waals surface area contributed by atoms with Crippen molar-refractivity contribution in [1.82, 2.24) is 0 Å². The van der Waals surface area contributed by atoms with Crippen molar-refractivity contribution < 1.29 is 9.53 Å². The second-order valence-corrected chi connectivity index (χ2v) is 4.09. The molecule has 12 heavy (non-hydrogen) atoms. The third kappa shape index (κ3) is 1.53. The number of aldehydes is 1. The Bertz CT molecular complexity index is 167. The van der Waals surface area contributed by atoms with Crippen molar-refractivity contribution >= 4 is 6.29 Å². The van der Waals surface area contributed by atoms with E-state index in [9.17, 15) is 4.79 Å². The van der Waals surface area contributed by atoms with E-state index in [4.69, 9.17) is 4.74 Å². The van der Waals surface area contributed by atoms with Gasteiger partial charge in [0.1, 0.15) is 6.29 Å². The van der Waals surface area contributed by atoms with Gasteiger partial charge in [-0.15, -0.1) is 0 Å². The lowest BCUT2D eigenvalue weighted by molar-refractivity contribution is -0.114. The highest BCUT2D eigenvalue weighted by Gasteiger charge is 2.32. The van der Waals surface area contributed by atoms with Crippen LogP contribution in [0.15, 0.2) is 0 Å². The van der Waals surface area contributed by atoms with Crippen LogP contribution in [0.25, 0.3) is 0 Å². The zero-order valence-electron chi connectivity index (χ0n) is 7.37. The second-order valence-electron chi connectivity index (χ2n) is 4.09. The van der Waals surface area contributed by atoms with Crippen LogP contribution in [0.2, 0.25) is 0 Å². The van der Waals surface area contributed by atoms with Crippen LogP contribution in [0.5, 0.6) is 0 Å². The van der Waals surface area contributed by atoms with Crippen LogP contribution in [0.3, 0.4) is 0 Å². The Labute approximate surface area is 73.3 Å². The van der Waals surface area contributed by atoms with Crippen LogP contribution >= 0.6 is 0 Å². The molecular formula is C10H16O2. The fourth-order valence-electron chi connectivity index (χ4n) is 2.53. The van der Waals surface area contributed by atoms with Crippen molar-refractivity contribution in [3.05, 3.63) is 0 Å². The van der Waals surface area contributed by atoms with Crippen LogP contribution < -0.4 is 0 Å². The predicted octanol–water partition coefficient (Wildman–Crippen LogP) is 1.64. The molecule has 0 aromatic heterocycles. The first-order chi connectivity index (χ1) is 5.90. The zero-order valence-corrected chi connectivity index (χ0v) is 7.37. The quantitative estimate of drug-likeness (QED) is 0.556. The normalized spacial score (nSPS) is 41.8. The minimum absolute atomic E-state index is 0.351. The summed E-state index contributed by atoms with van der Waals surface area (Å²) >= 11 is 0. The lowest BCUT2D eigenvalue weighted by atomic mass is 9.73. The van der Waals surface area contributed by atoms with Crippen LogP contribution in [-0.2, 0) is 9.53 Å². The van der Waals surface area contributed by atoms with E-state index >= 15 is 0 Å². The lowest BCUT2D eigenvalue weighted by Gasteiger charge is -2.37. The van der Waals surface area contributed by atoms with Crippen molar-refractivity contribution in [3.8, 4) is 0 Å². The number of carbonyl (C=O) groups excluding carboxylic acids is 1. The number of ether oxygens (including phenoxy) is 1. The van der Waals surface area contributed by atoms with Crippen molar-refractivity contribution in [2.24, 2.45) is 17.8 Å². The molecule has 0 aromatic carbocycles. The van der Waals surface area contributed by atoms with Crippen LogP contribution in [0.4, 0.5) is 0 Å². The summed E-state index contributed by atoms with van der Waals surface area (Å²) in [4.78, 5) is 10.6. The standard InChI is InChI=1S/C10H16O2/c11-6-8-1-2-10-7-12-4-3-9(10)5-8/h6,8-10H,1-5,7H2. The molecule has 3 atom stereocenters. The minimum Gasteiger partial charge on any atom is -0.381 e. The molecule has 3 unspecified atom stereocenters. The van der Waals surface area contributed by atoms with Gasteiger partial charge < -0.3 is 9.53 Å². The van der Waals surface area contributed by atoms with Gasteiger partial charge in [-0.25, -0.2) is 0 Å². The van der Waals surface area contributed by atoms with E-state index in [1.807, 2.05) is 0 Å². The summed E-state index contributed by atoms with van der Waals surface area (Å²) in [7, 11) is 0. The molecule has 68 valence electrons. The van der Waals surface area contributed by atoms with Gasteiger partial charge in [-0.2, -0.15) is 0 Å². The molecule has 0 radical (unpaired) electrons. The van der Waals surface area contributed by atoms with Crippen LogP contribution in [0.1, 0.15) is 25.7 Å². The summed E-state index contributed by atoms with van der Waals surface area (Å²) in [5.41, 5.74) is 0. The topological polar surface area (TPSA) is 26.3 Å². The Morgan fingerprint density at radius 1 is 1.17 bits per heavy atom. The first-order valence-electron chi connectivity index (χ1n) is 4.93. The van der Waals surface area contributed by atoms with Crippen LogP contribution in [0, 0.1) is 17.8 Å². The maximum atomic E-state index is 10.6. The van der Waals surface area contributed by atoms with Gasteiger partial charge in [0, 0.05) is 19.1 Å². The van der Waals surface area contributed by atoms with Gasteiger partial charge in [0.2, 0.25) is 0 Å². The molecule has 1 aliphatic heterocycles. The molecule has 2 rings (SSSR count). The Morgan fingerprint density at radius 2 is 2.08 bits per heavy atom. The Kier molecular flexibility index (Phi) is 2.45. The summed E-state index contributed by atoms with van der Waals surface area (Å²) in [6.45, 7) is 1.85. The second kappa shape index (κ2) is 3.56. The molecule has 2 heteroatoms. The highest BCUT2D eigenvalue weighted by molar-refractivity contribution is 5.53. The number of hydrogen-bond donors (Lipinski definition) is 0. The fraction of sp³-hybridized carbons (Fsp3) is 0.900. The lowest BCUT2D eigenvalue weighted by Crippen LogP contribution is -2.33. The van der Waals surface area contributed by atoms with Gasteiger partial charge in [-0.05, 0) is 37.5 Å². The molecule has 1 saturated heterocycles. The van der Waals surface area contributed by atoms with Gasteiger partial charge in [0.05, 0.1) is 0 Å². The minimum atomic E-state index is 0.351. The maximum Gasteiger partial charge on any atom is 0.123 e. The van der Waals surface area contributed by atoms with E-state index in [2.05, 4.69) is 0 Å². The van der Waals surface area contributed by atoms with Gasteiger partial charge in [-0.3, -0.25) is 0 Å². The highest BCUT2D eigenvalue weighted by atomic mass is 16.5. The summed E-state index contributed by atoms with van der Waals surface area (Å²) in [6.07, 6.45) is 5.74. The third-order valence-electron chi connectivity index (χ3n) is 3.34. The van der Waals surface area contributed by atoms with E-state index in [-0.39, 0.29) is 0 Å². The van der Waals surface area contributed by atoms with Crippen molar-refractivity contribution in [2.75, 3.05) is 13.2 Å². The molecule has 0 bridgehead atoms. The Balaban J connectivity index is 1.93. The number of carbonyl (C=O) groups is 1. The molecule has 0 amide bonds. The monoisotopic (exact) mass is 168 g/mol. The average molecular weight is 168 g/mol. The van der Waals surface area contributed by atoms with Gasteiger partial charge in [0.15, 0.2) is 0 Å². The van der Waals surface area contributed by atoms with E-state index in [1.54, 1.807) is 0 Å². The third-order valence-corrected chi connectivity index (χ3v) is 3.34. The SMILES string of the molecule is O=CC1CCC2COCCC2C1.